The molecule has 0 N–H and O–H groups in total. The van der Waals surface area contributed by atoms with E-state index in [2.05, 4.69) is 0 Å². The van der Waals surface area contributed by atoms with Gasteiger partial charge >= 0.3 is 0 Å². The van der Waals surface area contributed by atoms with Crippen molar-refractivity contribution in [3.05, 3.63) is 33.9 Å². The fourth-order valence-corrected chi connectivity index (χ4v) is 3.88. The molecule has 0 amide bonds. The molecule has 1 aliphatic heterocycles. The van der Waals surface area contributed by atoms with E-state index >= 15 is 0 Å². The number of nitrogens with zero attached hydrogens (tertiary/aromatic N) is 3. The van der Waals surface area contributed by atoms with Gasteiger partial charge in [-0.25, -0.2) is 8.42 Å². The van der Waals surface area contributed by atoms with Crippen LogP contribution in [0.15, 0.2) is 18.2 Å². The van der Waals surface area contributed by atoms with Gasteiger partial charge in [-0.05, 0) is 19.1 Å². The van der Waals surface area contributed by atoms with Crippen LogP contribution in [0.25, 0.3) is 0 Å². The molecular formula is C12H13N3O4S. The summed E-state index contributed by atoms with van der Waals surface area (Å²) in [5, 5.41) is 19.8. The van der Waals surface area contributed by atoms with Gasteiger partial charge in [-0.2, -0.15) is 5.26 Å². The Morgan fingerprint density at radius 2 is 2.20 bits per heavy atom. The summed E-state index contributed by atoms with van der Waals surface area (Å²) in [4.78, 5) is 12.2. The Morgan fingerprint density at radius 1 is 1.50 bits per heavy atom. The lowest BCUT2D eigenvalue weighted by molar-refractivity contribution is -0.385. The third-order valence-corrected chi connectivity index (χ3v) is 5.10. The molecule has 2 rings (SSSR count). The van der Waals surface area contributed by atoms with Gasteiger partial charge in [-0.15, -0.1) is 0 Å². The number of hydrogen-bond donors (Lipinski definition) is 0. The van der Waals surface area contributed by atoms with Crippen LogP contribution in [0.5, 0.6) is 0 Å². The van der Waals surface area contributed by atoms with Crippen LogP contribution in [0.4, 0.5) is 11.4 Å². The first-order valence-electron chi connectivity index (χ1n) is 5.99. The highest BCUT2D eigenvalue weighted by molar-refractivity contribution is 7.91. The Bertz CT molecular complexity index is 693. The average Bonchev–Trinajstić information content (AvgIpc) is 2.37. The quantitative estimate of drug-likeness (QED) is 0.597. The molecule has 0 spiro atoms. The monoisotopic (exact) mass is 295 g/mol. The molecule has 0 radical (unpaired) electrons. The fourth-order valence-electron chi connectivity index (χ4n) is 2.33. The van der Waals surface area contributed by atoms with Crippen LogP contribution >= 0.6 is 0 Å². The zero-order chi connectivity index (χ0) is 14.9. The number of nitro groups is 1. The SMILES string of the molecule is CC1CS(=O)(=O)CCN1c1ccc(C#N)c([N+](=O)[O-])c1. The number of nitro benzene ring substituents is 1. The summed E-state index contributed by atoms with van der Waals surface area (Å²) >= 11 is 0. The molecule has 0 aromatic heterocycles. The van der Waals surface area contributed by atoms with Gasteiger partial charge in [0.2, 0.25) is 0 Å². The summed E-state index contributed by atoms with van der Waals surface area (Å²) in [7, 11) is -3.04. The lowest BCUT2D eigenvalue weighted by atomic mass is 10.1. The maximum absolute atomic E-state index is 11.5. The minimum atomic E-state index is -3.04. The van der Waals surface area contributed by atoms with Crippen molar-refractivity contribution in [3.8, 4) is 6.07 Å². The predicted molar refractivity (Wildman–Crippen MR) is 73.3 cm³/mol. The zero-order valence-electron chi connectivity index (χ0n) is 10.8. The molecule has 1 fully saturated rings. The van der Waals surface area contributed by atoms with Crippen LogP contribution < -0.4 is 4.90 Å². The normalized spacial score (nSPS) is 21.2. The molecule has 1 aromatic rings. The van der Waals surface area contributed by atoms with Gasteiger partial charge in [-0.1, -0.05) is 0 Å². The maximum Gasteiger partial charge on any atom is 0.289 e. The average molecular weight is 295 g/mol. The van der Waals surface area contributed by atoms with E-state index in [9.17, 15) is 18.5 Å². The van der Waals surface area contributed by atoms with E-state index in [4.69, 9.17) is 5.26 Å². The molecule has 1 aromatic carbocycles. The molecule has 106 valence electrons. The number of hydrogen-bond acceptors (Lipinski definition) is 6. The van der Waals surface area contributed by atoms with E-state index in [0.717, 1.165) is 0 Å². The summed E-state index contributed by atoms with van der Waals surface area (Å²) in [6.45, 7) is 2.06. The molecule has 0 aliphatic carbocycles. The Morgan fingerprint density at radius 3 is 2.75 bits per heavy atom. The third-order valence-electron chi connectivity index (χ3n) is 3.30. The van der Waals surface area contributed by atoms with Gasteiger partial charge < -0.3 is 4.90 Å². The lowest BCUT2D eigenvalue weighted by Crippen LogP contribution is -2.47. The van der Waals surface area contributed by atoms with Crippen molar-refractivity contribution in [2.24, 2.45) is 0 Å². The fraction of sp³-hybridized carbons (Fsp3) is 0.417. The van der Waals surface area contributed by atoms with Gasteiger partial charge in [0.05, 0.1) is 16.4 Å². The van der Waals surface area contributed by atoms with Crippen molar-refractivity contribution < 1.29 is 13.3 Å². The molecule has 0 bridgehead atoms. The van der Waals surface area contributed by atoms with E-state index < -0.39 is 14.8 Å². The van der Waals surface area contributed by atoms with Crippen LogP contribution in [0.1, 0.15) is 12.5 Å². The highest BCUT2D eigenvalue weighted by Gasteiger charge is 2.29. The maximum atomic E-state index is 11.5. The second-order valence-electron chi connectivity index (χ2n) is 4.73. The Balaban J connectivity index is 2.37. The van der Waals surface area contributed by atoms with Gasteiger partial charge in [0.1, 0.15) is 11.6 Å². The van der Waals surface area contributed by atoms with Crippen LogP contribution in [-0.2, 0) is 9.84 Å². The zero-order valence-corrected chi connectivity index (χ0v) is 11.6. The van der Waals surface area contributed by atoms with E-state index in [1.165, 1.54) is 12.1 Å². The van der Waals surface area contributed by atoms with Crippen molar-refractivity contribution in [2.45, 2.75) is 13.0 Å². The van der Waals surface area contributed by atoms with Crippen LogP contribution in [0, 0.1) is 21.4 Å². The number of rotatable bonds is 2. The molecule has 1 atom stereocenters. The molecule has 7 nitrogen and oxygen atoms in total. The van der Waals surface area contributed by atoms with Gasteiger partial charge in [-0.3, -0.25) is 10.1 Å². The second kappa shape index (κ2) is 5.09. The highest BCUT2D eigenvalue weighted by Crippen LogP contribution is 2.28. The molecule has 1 unspecified atom stereocenters. The highest BCUT2D eigenvalue weighted by atomic mass is 32.2. The van der Waals surface area contributed by atoms with Crippen molar-refractivity contribution in [1.29, 1.82) is 5.26 Å². The third kappa shape index (κ3) is 2.72. The van der Waals surface area contributed by atoms with Crippen molar-refractivity contribution in [1.82, 2.24) is 0 Å². The summed E-state index contributed by atoms with van der Waals surface area (Å²) in [5.41, 5.74) is 0.305. The first-order chi connectivity index (χ1) is 9.34. The van der Waals surface area contributed by atoms with Crippen LogP contribution in [-0.4, -0.2) is 37.4 Å². The van der Waals surface area contributed by atoms with Crippen LogP contribution in [0.3, 0.4) is 0 Å². The minimum Gasteiger partial charge on any atom is -0.367 e. The molecule has 20 heavy (non-hydrogen) atoms. The predicted octanol–water partition coefficient (Wildman–Crippen LogP) is 1.09. The minimum absolute atomic E-state index is 0.00367. The first-order valence-corrected chi connectivity index (χ1v) is 7.82. The van der Waals surface area contributed by atoms with E-state index in [1.54, 1.807) is 19.1 Å². The van der Waals surface area contributed by atoms with E-state index in [-0.39, 0.29) is 28.8 Å². The Kier molecular flexibility index (Phi) is 3.63. The van der Waals surface area contributed by atoms with Crippen molar-refractivity contribution in [2.75, 3.05) is 23.0 Å². The molecule has 1 saturated heterocycles. The molecule has 8 heteroatoms. The number of anilines is 1. The number of nitriles is 1. The number of benzene rings is 1. The van der Waals surface area contributed by atoms with Crippen LogP contribution in [0.2, 0.25) is 0 Å². The summed E-state index contributed by atoms with van der Waals surface area (Å²) in [6.07, 6.45) is 0. The molecule has 1 heterocycles. The lowest BCUT2D eigenvalue weighted by Gasteiger charge is -2.35. The van der Waals surface area contributed by atoms with Gasteiger partial charge in [0.25, 0.3) is 5.69 Å². The Labute approximate surface area is 116 Å². The molecular weight excluding hydrogens is 282 g/mol. The Hall–Kier alpha value is -2.14. The first kappa shape index (κ1) is 14.3. The smallest absolute Gasteiger partial charge is 0.289 e. The summed E-state index contributed by atoms with van der Waals surface area (Å²) in [5.74, 6) is 0.0614. The second-order valence-corrected chi connectivity index (χ2v) is 6.96. The van der Waals surface area contributed by atoms with E-state index in [0.29, 0.717) is 12.2 Å². The largest absolute Gasteiger partial charge is 0.367 e. The number of sulfone groups is 1. The van der Waals surface area contributed by atoms with Gasteiger partial charge in [0, 0.05) is 24.3 Å². The standard InChI is InChI=1S/C12H13N3O4S/c1-9-8-20(18,19)5-4-14(9)11-3-2-10(7-13)12(6-11)15(16)17/h2-3,6,9H,4-5,8H2,1H3. The van der Waals surface area contributed by atoms with Crippen molar-refractivity contribution in [3.63, 3.8) is 0 Å². The summed E-state index contributed by atoms with van der Waals surface area (Å²) < 4.78 is 23.1. The molecule has 1 aliphatic rings. The van der Waals surface area contributed by atoms with E-state index in [1.807, 2.05) is 4.90 Å². The summed E-state index contributed by atoms with van der Waals surface area (Å²) in [6, 6.07) is 5.86. The molecule has 0 saturated carbocycles. The van der Waals surface area contributed by atoms with Crippen molar-refractivity contribution >= 4 is 21.2 Å². The van der Waals surface area contributed by atoms with Gasteiger partial charge in [0.15, 0.2) is 9.84 Å². The topological polar surface area (TPSA) is 104 Å².